The van der Waals surface area contributed by atoms with E-state index < -0.39 is 17.2 Å². The van der Waals surface area contributed by atoms with Crippen LogP contribution in [0, 0.1) is 0 Å². The Morgan fingerprint density at radius 1 is 1.16 bits per heavy atom. The Labute approximate surface area is 181 Å². The first-order valence-corrected chi connectivity index (χ1v) is 11.1. The third kappa shape index (κ3) is 4.02. The Kier molecular flexibility index (Phi) is 5.99. The molecule has 0 saturated heterocycles. The van der Waals surface area contributed by atoms with Gasteiger partial charge >= 0.3 is 11.7 Å². The van der Waals surface area contributed by atoms with E-state index in [1.165, 1.54) is 15.9 Å². The van der Waals surface area contributed by atoms with Crippen molar-refractivity contribution in [3.8, 4) is 0 Å². The number of H-pyrrole nitrogens is 1. The van der Waals surface area contributed by atoms with E-state index in [2.05, 4.69) is 15.0 Å². The van der Waals surface area contributed by atoms with Crippen molar-refractivity contribution in [2.75, 3.05) is 0 Å². The quantitative estimate of drug-likeness (QED) is 0.421. The summed E-state index contributed by atoms with van der Waals surface area (Å²) in [5.41, 5.74) is 2.67. The van der Waals surface area contributed by atoms with Crippen molar-refractivity contribution in [1.29, 1.82) is 0 Å². The SMILES string of the molecule is CCCCn1c(=O)[nH]c(=O)c2c1nc(COC(=O)c1ccc3ncsc3c1)n2CCC. The Morgan fingerprint density at radius 2 is 2.00 bits per heavy atom. The number of fused-ring (bicyclic) bond motifs is 2. The lowest BCUT2D eigenvalue weighted by Gasteiger charge is -2.08. The molecule has 0 aliphatic heterocycles. The molecule has 0 amide bonds. The number of aromatic nitrogens is 5. The van der Waals surface area contributed by atoms with Gasteiger partial charge in [0.15, 0.2) is 11.2 Å². The van der Waals surface area contributed by atoms with Gasteiger partial charge in [-0.2, -0.15) is 0 Å². The molecule has 0 aliphatic carbocycles. The first kappa shape index (κ1) is 21.0. The average Bonchev–Trinajstić information content (AvgIpc) is 3.36. The third-order valence-electron chi connectivity index (χ3n) is 5.05. The second-order valence-electron chi connectivity index (χ2n) is 7.23. The van der Waals surface area contributed by atoms with Crippen LogP contribution in [0.4, 0.5) is 0 Å². The van der Waals surface area contributed by atoms with Crippen LogP contribution in [0.1, 0.15) is 49.3 Å². The van der Waals surface area contributed by atoms with Crippen molar-refractivity contribution in [3.63, 3.8) is 0 Å². The van der Waals surface area contributed by atoms with Crippen molar-refractivity contribution < 1.29 is 9.53 Å². The van der Waals surface area contributed by atoms with Gasteiger partial charge in [-0.1, -0.05) is 20.3 Å². The van der Waals surface area contributed by atoms with Crippen molar-refractivity contribution in [2.45, 2.75) is 52.8 Å². The molecule has 0 radical (unpaired) electrons. The number of aryl methyl sites for hydroxylation is 2. The zero-order valence-corrected chi connectivity index (χ0v) is 18.2. The number of hydrogen-bond donors (Lipinski definition) is 1. The van der Waals surface area contributed by atoms with Gasteiger partial charge in [0.2, 0.25) is 0 Å². The van der Waals surface area contributed by atoms with Crippen LogP contribution in [0.15, 0.2) is 33.3 Å². The summed E-state index contributed by atoms with van der Waals surface area (Å²) in [5.74, 6) is -0.0481. The number of esters is 1. The van der Waals surface area contributed by atoms with Crippen molar-refractivity contribution in [1.82, 2.24) is 24.1 Å². The van der Waals surface area contributed by atoms with Gasteiger partial charge in [-0.3, -0.25) is 14.3 Å². The lowest BCUT2D eigenvalue weighted by Crippen LogP contribution is -2.31. The maximum absolute atomic E-state index is 12.6. The number of unbranched alkanes of at least 4 members (excludes halogenated alkanes) is 1. The monoisotopic (exact) mass is 441 g/mol. The molecule has 3 heterocycles. The standard InChI is InChI=1S/C21H23N5O4S/c1-3-5-9-26-18-17(19(27)24-21(26)29)25(8-4-2)16(23-18)11-30-20(28)13-6-7-14-15(10-13)31-12-22-14/h6-7,10,12H,3-5,8-9,11H2,1-2H3,(H,24,27,29). The van der Waals surface area contributed by atoms with Gasteiger partial charge in [0, 0.05) is 13.1 Å². The van der Waals surface area contributed by atoms with Crippen LogP contribution in [-0.4, -0.2) is 30.1 Å². The zero-order chi connectivity index (χ0) is 22.0. The van der Waals surface area contributed by atoms with Gasteiger partial charge in [0.05, 0.1) is 21.3 Å². The molecule has 9 nitrogen and oxygen atoms in total. The maximum Gasteiger partial charge on any atom is 0.338 e. The van der Waals surface area contributed by atoms with E-state index in [1.807, 2.05) is 13.8 Å². The highest BCUT2D eigenvalue weighted by molar-refractivity contribution is 7.16. The molecule has 0 atom stereocenters. The van der Waals surface area contributed by atoms with E-state index in [-0.39, 0.29) is 6.61 Å². The summed E-state index contributed by atoms with van der Waals surface area (Å²) in [6.07, 6.45) is 2.44. The lowest BCUT2D eigenvalue weighted by atomic mass is 10.2. The van der Waals surface area contributed by atoms with Gasteiger partial charge in [-0.05, 0) is 31.0 Å². The molecule has 0 unspecified atom stereocenters. The predicted octanol–water partition coefficient (Wildman–Crippen LogP) is 3.06. The summed E-state index contributed by atoms with van der Waals surface area (Å²) < 4.78 is 9.63. The van der Waals surface area contributed by atoms with Crippen LogP contribution in [-0.2, 0) is 24.4 Å². The van der Waals surface area contributed by atoms with E-state index in [9.17, 15) is 14.4 Å². The lowest BCUT2D eigenvalue weighted by molar-refractivity contribution is 0.0458. The molecule has 4 rings (SSSR count). The molecule has 0 bridgehead atoms. The zero-order valence-electron chi connectivity index (χ0n) is 17.4. The number of ether oxygens (including phenoxy) is 1. The summed E-state index contributed by atoms with van der Waals surface area (Å²) in [5, 5.41) is 0. The molecule has 0 saturated carbocycles. The summed E-state index contributed by atoms with van der Waals surface area (Å²) in [6.45, 7) is 4.88. The number of hydrogen-bond acceptors (Lipinski definition) is 7. The Hall–Kier alpha value is -3.27. The Bertz CT molecular complexity index is 1360. The van der Waals surface area contributed by atoms with Gasteiger partial charge < -0.3 is 9.30 Å². The largest absolute Gasteiger partial charge is 0.454 e. The van der Waals surface area contributed by atoms with E-state index in [1.54, 1.807) is 28.3 Å². The molecule has 0 fully saturated rings. The van der Waals surface area contributed by atoms with Gasteiger partial charge in [0.25, 0.3) is 5.56 Å². The van der Waals surface area contributed by atoms with Crippen molar-refractivity contribution in [2.24, 2.45) is 0 Å². The Balaban J connectivity index is 1.68. The number of aromatic amines is 1. The maximum atomic E-state index is 12.6. The normalized spacial score (nSPS) is 11.4. The number of carbonyl (C=O) groups excluding carboxylic acids is 1. The fourth-order valence-electron chi connectivity index (χ4n) is 3.51. The first-order chi connectivity index (χ1) is 15.0. The summed E-state index contributed by atoms with van der Waals surface area (Å²) in [4.78, 5) is 48.6. The Morgan fingerprint density at radius 3 is 2.77 bits per heavy atom. The van der Waals surface area contributed by atoms with Crippen LogP contribution in [0.3, 0.4) is 0 Å². The smallest absolute Gasteiger partial charge is 0.338 e. The number of nitrogens with one attached hydrogen (secondary N) is 1. The molecule has 0 spiro atoms. The van der Waals surface area contributed by atoms with Crippen LogP contribution >= 0.6 is 11.3 Å². The minimum absolute atomic E-state index is 0.102. The number of imidazole rings is 1. The van der Waals surface area contributed by atoms with Gasteiger partial charge in [-0.25, -0.2) is 19.6 Å². The molecule has 1 N–H and O–H groups in total. The summed E-state index contributed by atoms with van der Waals surface area (Å²) in [7, 11) is 0. The van der Waals surface area contributed by atoms with Crippen LogP contribution < -0.4 is 11.2 Å². The highest BCUT2D eigenvalue weighted by Crippen LogP contribution is 2.20. The molecule has 31 heavy (non-hydrogen) atoms. The molecule has 1 aromatic carbocycles. The number of rotatable bonds is 8. The van der Waals surface area contributed by atoms with Crippen LogP contribution in [0.25, 0.3) is 21.4 Å². The molecule has 0 aliphatic rings. The first-order valence-electron chi connectivity index (χ1n) is 10.3. The molecular formula is C21H23N5O4S. The van der Waals surface area contributed by atoms with Gasteiger partial charge in [-0.15, -0.1) is 11.3 Å². The number of nitrogens with zero attached hydrogens (tertiary/aromatic N) is 4. The van der Waals surface area contributed by atoms with E-state index >= 15 is 0 Å². The molecule has 162 valence electrons. The predicted molar refractivity (Wildman–Crippen MR) is 119 cm³/mol. The number of benzene rings is 1. The van der Waals surface area contributed by atoms with Crippen LogP contribution in [0.5, 0.6) is 0 Å². The van der Waals surface area contributed by atoms with E-state index in [0.29, 0.717) is 35.6 Å². The van der Waals surface area contributed by atoms with E-state index in [0.717, 1.165) is 29.5 Å². The molecule has 4 aromatic rings. The van der Waals surface area contributed by atoms with Crippen molar-refractivity contribution >= 4 is 38.7 Å². The molecule has 10 heteroatoms. The van der Waals surface area contributed by atoms with E-state index in [4.69, 9.17) is 4.74 Å². The topological polar surface area (TPSA) is 112 Å². The number of carbonyl (C=O) groups is 1. The number of thiazole rings is 1. The second-order valence-corrected chi connectivity index (χ2v) is 8.11. The minimum atomic E-state index is -0.484. The third-order valence-corrected chi connectivity index (χ3v) is 5.84. The minimum Gasteiger partial charge on any atom is -0.454 e. The average molecular weight is 442 g/mol. The molecular weight excluding hydrogens is 418 g/mol. The second kappa shape index (κ2) is 8.84. The van der Waals surface area contributed by atoms with Crippen LogP contribution in [0.2, 0.25) is 0 Å². The highest BCUT2D eigenvalue weighted by Gasteiger charge is 2.19. The fourth-order valence-corrected chi connectivity index (χ4v) is 4.23. The summed E-state index contributed by atoms with van der Waals surface area (Å²) in [6, 6.07) is 5.20. The van der Waals surface area contributed by atoms with Gasteiger partial charge in [0.1, 0.15) is 12.4 Å². The fraction of sp³-hybridized carbons (Fsp3) is 0.381. The summed E-state index contributed by atoms with van der Waals surface area (Å²) >= 11 is 1.45. The molecule has 3 aromatic heterocycles. The highest BCUT2D eigenvalue weighted by atomic mass is 32.1. The van der Waals surface area contributed by atoms with Crippen molar-refractivity contribution in [3.05, 3.63) is 55.9 Å².